The van der Waals surface area contributed by atoms with Crippen LogP contribution in [0.5, 0.6) is 0 Å². The third-order valence-electron chi connectivity index (χ3n) is 2.56. The summed E-state index contributed by atoms with van der Waals surface area (Å²) >= 11 is 11.5. The largest absolute Gasteiger partial charge is 0.259 e. The minimum Gasteiger partial charge on any atom is -0.255 e. The first-order valence-corrected chi connectivity index (χ1v) is 7.07. The zero-order valence-corrected chi connectivity index (χ0v) is 10.9. The van der Waals surface area contributed by atoms with E-state index in [2.05, 4.69) is 9.82 Å². The summed E-state index contributed by atoms with van der Waals surface area (Å²) in [7, 11) is -2.12. The fourth-order valence-corrected chi connectivity index (χ4v) is 3.98. The molecule has 8 heteroatoms. The number of aromatic nitrogens is 2. The van der Waals surface area contributed by atoms with E-state index >= 15 is 0 Å². The number of hydrogen-bond acceptors (Lipinski definition) is 3. The zero-order chi connectivity index (χ0) is 12.0. The van der Waals surface area contributed by atoms with Crippen LogP contribution in [0.3, 0.4) is 0 Å². The van der Waals surface area contributed by atoms with Crippen LogP contribution in [0.2, 0.25) is 5.02 Å². The van der Waals surface area contributed by atoms with Crippen molar-refractivity contribution in [3.05, 3.63) is 11.2 Å². The van der Waals surface area contributed by atoms with Crippen LogP contribution in [0.4, 0.5) is 0 Å². The molecule has 0 atom stereocenters. The van der Waals surface area contributed by atoms with Gasteiger partial charge in [0.25, 0.3) is 10.0 Å². The van der Waals surface area contributed by atoms with Crippen LogP contribution >= 0.6 is 23.2 Å². The second kappa shape index (κ2) is 3.87. The van der Waals surface area contributed by atoms with Gasteiger partial charge in [0.15, 0.2) is 5.03 Å². The highest BCUT2D eigenvalue weighted by molar-refractivity contribution is 7.89. The Labute approximate surface area is 104 Å². The summed E-state index contributed by atoms with van der Waals surface area (Å²) in [5, 5.41) is 3.88. The normalized spacial score (nSPS) is 18.7. The number of rotatable bonds is 4. The van der Waals surface area contributed by atoms with E-state index in [9.17, 15) is 8.42 Å². The molecule has 5 nitrogen and oxygen atoms in total. The molecule has 1 aliphatic carbocycles. The monoisotopic (exact) mass is 283 g/mol. The number of hydrogen-bond donors (Lipinski definition) is 1. The first-order chi connectivity index (χ1) is 7.40. The maximum absolute atomic E-state index is 12.0. The molecule has 90 valence electrons. The van der Waals surface area contributed by atoms with Gasteiger partial charge in [-0.25, -0.2) is 13.1 Å². The Morgan fingerprint density at radius 2 is 2.25 bits per heavy atom. The van der Waals surface area contributed by atoms with Crippen molar-refractivity contribution in [3.8, 4) is 0 Å². The molecule has 1 aromatic rings. The first kappa shape index (κ1) is 12.2. The Hall–Kier alpha value is -0.300. The minimum absolute atomic E-state index is 0.0226. The van der Waals surface area contributed by atoms with Crippen molar-refractivity contribution >= 4 is 33.2 Å². The van der Waals surface area contributed by atoms with Crippen LogP contribution < -0.4 is 4.72 Å². The third-order valence-corrected chi connectivity index (χ3v) is 5.15. The smallest absolute Gasteiger partial charge is 0.255 e. The third kappa shape index (κ3) is 2.07. The molecule has 0 radical (unpaired) electrons. The van der Waals surface area contributed by atoms with Gasteiger partial charge >= 0.3 is 0 Å². The highest BCUT2D eigenvalue weighted by atomic mass is 35.5. The summed E-state index contributed by atoms with van der Waals surface area (Å²) in [6.45, 7) is 0. The Morgan fingerprint density at radius 1 is 1.62 bits per heavy atom. The van der Waals surface area contributed by atoms with E-state index in [1.165, 1.54) is 17.9 Å². The van der Waals surface area contributed by atoms with Crippen LogP contribution in [0, 0.1) is 0 Å². The predicted molar refractivity (Wildman–Crippen MR) is 61.2 cm³/mol. The zero-order valence-electron chi connectivity index (χ0n) is 8.57. The lowest BCUT2D eigenvalue weighted by Crippen LogP contribution is -2.39. The van der Waals surface area contributed by atoms with Crippen molar-refractivity contribution in [3.63, 3.8) is 0 Å². The van der Waals surface area contributed by atoms with Gasteiger partial charge in [0, 0.05) is 18.5 Å². The van der Waals surface area contributed by atoms with Gasteiger partial charge in [-0.3, -0.25) is 4.68 Å². The molecule has 1 aromatic heterocycles. The second-order valence-electron chi connectivity index (χ2n) is 3.94. The van der Waals surface area contributed by atoms with Gasteiger partial charge in [-0.05, 0) is 12.8 Å². The van der Waals surface area contributed by atoms with Gasteiger partial charge in [0.1, 0.15) is 0 Å². The van der Waals surface area contributed by atoms with Gasteiger partial charge in [-0.2, -0.15) is 5.10 Å². The van der Waals surface area contributed by atoms with E-state index in [1.807, 2.05) is 0 Å². The predicted octanol–water partition coefficient (Wildman–Crippen LogP) is 1.12. The topological polar surface area (TPSA) is 64.0 Å². The molecule has 16 heavy (non-hydrogen) atoms. The van der Waals surface area contributed by atoms with Crippen molar-refractivity contribution in [2.45, 2.75) is 23.4 Å². The quantitative estimate of drug-likeness (QED) is 0.843. The van der Waals surface area contributed by atoms with Gasteiger partial charge in [-0.1, -0.05) is 11.6 Å². The standard InChI is InChI=1S/C8H11Cl2N3O2S/c1-13-7(6(10)4-11-13)16(14,15)12-8(5-9)2-3-8/h4,12H,2-3,5H2,1H3. The Morgan fingerprint density at radius 3 is 2.62 bits per heavy atom. The molecular weight excluding hydrogens is 273 g/mol. The number of aryl methyl sites for hydroxylation is 1. The molecule has 0 amide bonds. The Balaban J connectivity index is 2.33. The van der Waals surface area contributed by atoms with E-state index in [0.717, 1.165) is 12.8 Å². The van der Waals surface area contributed by atoms with Crippen LogP contribution in [0.15, 0.2) is 11.2 Å². The fraction of sp³-hybridized carbons (Fsp3) is 0.625. The first-order valence-electron chi connectivity index (χ1n) is 4.68. The Kier molecular flexibility index (Phi) is 2.94. The summed E-state index contributed by atoms with van der Waals surface area (Å²) in [5.74, 6) is 0.266. The molecule has 1 heterocycles. The molecule has 1 aliphatic rings. The molecule has 0 bridgehead atoms. The van der Waals surface area contributed by atoms with Crippen molar-refractivity contribution < 1.29 is 8.42 Å². The van der Waals surface area contributed by atoms with E-state index in [4.69, 9.17) is 23.2 Å². The molecule has 0 unspecified atom stereocenters. The average Bonchev–Trinajstić information content (AvgIpc) is 2.86. The lowest BCUT2D eigenvalue weighted by Gasteiger charge is -2.14. The fourth-order valence-electron chi connectivity index (χ4n) is 1.45. The van der Waals surface area contributed by atoms with E-state index in [-0.39, 0.29) is 15.9 Å². The van der Waals surface area contributed by atoms with Crippen LogP contribution in [-0.4, -0.2) is 29.6 Å². The van der Waals surface area contributed by atoms with Crippen LogP contribution in [0.1, 0.15) is 12.8 Å². The average molecular weight is 284 g/mol. The maximum Gasteiger partial charge on any atom is 0.259 e. The molecule has 0 aliphatic heterocycles. The summed E-state index contributed by atoms with van der Waals surface area (Å²) in [6, 6.07) is 0. The summed E-state index contributed by atoms with van der Waals surface area (Å²) in [5.41, 5.74) is -0.492. The SMILES string of the molecule is Cn1ncc(Cl)c1S(=O)(=O)NC1(CCl)CC1. The molecule has 1 saturated carbocycles. The highest BCUT2D eigenvalue weighted by Gasteiger charge is 2.46. The number of nitrogens with zero attached hydrogens (tertiary/aromatic N) is 2. The van der Waals surface area contributed by atoms with Crippen molar-refractivity contribution in [1.82, 2.24) is 14.5 Å². The Bertz CT molecular complexity index is 488. The molecular formula is C8H11Cl2N3O2S. The molecule has 0 saturated heterocycles. The second-order valence-corrected chi connectivity index (χ2v) is 6.21. The molecule has 1 fully saturated rings. The number of sulfonamides is 1. The number of nitrogens with one attached hydrogen (secondary N) is 1. The van der Waals surface area contributed by atoms with E-state index in [1.54, 1.807) is 0 Å². The molecule has 0 spiro atoms. The van der Waals surface area contributed by atoms with Gasteiger partial charge in [0.2, 0.25) is 0 Å². The van der Waals surface area contributed by atoms with Crippen molar-refractivity contribution in [2.75, 3.05) is 5.88 Å². The molecule has 1 N–H and O–H groups in total. The van der Waals surface area contributed by atoms with Gasteiger partial charge in [-0.15, -0.1) is 11.6 Å². The summed E-state index contributed by atoms with van der Waals surface area (Å²) < 4.78 is 27.9. The minimum atomic E-state index is -3.65. The highest BCUT2D eigenvalue weighted by Crippen LogP contribution is 2.38. The van der Waals surface area contributed by atoms with Crippen molar-refractivity contribution in [2.24, 2.45) is 7.05 Å². The summed E-state index contributed by atoms with van der Waals surface area (Å²) in [4.78, 5) is 0. The molecule has 2 rings (SSSR count). The van der Waals surface area contributed by atoms with E-state index < -0.39 is 15.6 Å². The maximum atomic E-state index is 12.0. The lowest BCUT2D eigenvalue weighted by molar-refractivity contribution is 0.544. The van der Waals surface area contributed by atoms with Crippen molar-refractivity contribution in [1.29, 1.82) is 0 Å². The van der Waals surface area contributed by atoms with Gasteiger partial charge in [0.05, 0.1) is 11.2 Å². The van der Waals surface area contributed by atoms with Crippen LogP contribution in [0.25, 0.3) is 0 Å². The lowest BCUT2D eigenvalue weighted by atomic mass is 10.4. The molecule has 0 aromatic carbocycles. The van der Waals surface area contributed by atoms with Crippen LogP contribution in [-0.2, 0) is 17.1 Å². The van der Waals surface area contributed by atoms with Gasteiger partial charge < -0.3 is 0 Å². The number of alkyl halides is 1. The summed E-state index contributed by atoms with van der Waals surface area (Å²) in [6.07, 6.45) is 2.81. The van der Waals surface area contributed by atoms with E-state index in [0.29, 0.717) is 0 Å². The number of halogens is 2.